The fourth-order valence-electron chi connectivity index (χ4n) is 6.52. The molecule has 1 aliphatic heterocycles. The van der Waals surface area contributed by atoms with Crippen LogP contribution in [0.4, 0.5) is 0 Å². The molecule has 2 aromatic rings. The molecule has 1 heterocycles. The smallest absolute Gasteiger partial charge is 0.326 e. The zero-order valence-corrected chi connectivity index (χ0v) is 31.8. The van der Waals surface area contributed by atoms with Crippen LogP contribution in [0.5, 0.6) is 0 Å². The number of hydrogen-bond acceptors (Lipinski definition) is 7. The molecule has 0 saturated carbocycles. The summed E-state index contributed by atoms with van der Waals surface area (Å²) in [4.78, 5) is 82.0. The average Bonchev–Trinajstić information content (AvgIpc) is 3.60. The lowest BCUT2D eigenvalue weighted by Crippen LogP contribution is -2.60. The fraction of sp³-hybridized carbons (Fsp3) is 0.550. The van der Waals surface area contributed by atoms with Crippen molar-refractivity contribution in [2.75, 3.05) is 6.54 Å². The van der Waals surface area contributed by atoms with Crippen molar-refractivity contribution >= 4 is 35.5 Å². The van der Waals surface area contributed by atoms with Crippen molar-refractivity contribution in [1.29, 1.82) is 0 Å². The predicted octanol–water partition coefficient (Wildman–Crippen LogP) is 2.56. The van der Waals surface area contributed by atoms with E-state index in [1.54, 1.807) is 13.8 Å². The standard InChI is InChI=1S/C40H58N6O7/c1-24(2)20-29(41)35(47)44-32(23-28-16-11-8-12-17-28)39(51)46-19-13-18-33(46)38(50)43-31(22-27-14-9-7-10-15-27)36(48)42-30(21-25(3)4)37(49)45-34(26(5)6)40(52)53/h7-12,14-17,24-26,29-34H,13,18-23,41H2,1-6H3,(H,42,48)(H,43,50)(H,44,47)(H,45,49)(H,52,53)/t29-,30+,31-,32+,33-,34-/m0/s1. The summed E-state index contributed by atoms with van der Waals surface area (Å²) >= 11 is 0. The zero-order valence-electron chi connectivity index (χ0n) is 31.8. The Hall–Kier alpha value is -4.78. The lowest BCUT2D eigenvalue weighted by molar-refractivity contribution is -0.143. The van der Waals surface area contributed by atoms with E-state index < -0.39 is 77.7 Å². The zero-order chi connectivity index (χ0) is 39.2. The van der Waals surface area contributed by atoms with Crippen molar-refractivity contribution in [1.82, 2.24) is 26.2 Å². The number of carbonyl (C=O) groups is 6. The molecule has 0 bridgehead atoms. The highest BCUT2D eigenvalue weighted by atomic mass is 16.4. The molecule has 53 heavy (non-hydrogen) atoms. The number of carboxylic acids is 1. The van der Waals surface area contributed by atoms with Gasteiger partial charge >= 0.3 is 5.97 Å². The second-order valence-electron chi connectivity index (χ2n) is 15.2. The van der Waals surface area contributed by atoms with Crippen molar-refractivity contribution < 1.29 is 33.9 Å². The van der Waals surface area contributed by atoms with Gasteiger partial charge in [0.1, 0.15) is 30.2 Å². The van der Waals surface area contributed by atoms with E-state index in [4.69, 9.17) is 5.73 Å². The molecule has 6 atom stereocenters. The van der Waals surface area contributed by atoms with E-state index in [9.17, 15) is 33.9 Å². The Balaban J connectivity index is 1.86. The summed E-state index contributed by atoms with van der Waals surface area (Å²) in [5, 5.41) is 20.7. The van der Waals surface area contributed by atoms with Gasteiger partial charge in [0.25, 0.3) is 0 Å². The third-order valence-corrected chi connectivity index (χ3v) is 9.28. The molecule has 0 aliphatic carbocycles. The van der Waals surface area contributed by atoms with Gasteiger partial charge in [0.2, 0.25) is 29.5 Å². The molecule has 5 amide bonds. The molecule has 13 heteroatoms. The Labute approximate surface area is 313 Å². The van der Waals surface area contributed by atoms with Gasteiger partial charge in [-0.15, -0.1) is 0 Å². The van der Waals surface area contributed by atoms with E-state index in [1.807, 2.05) is 88.4 Å². The monoisotopic (exact) mass is 734 g/mol. The van der Waals surface area contributed by atoms with Crippen LogP contribution in [0.1, 0.15) is 78.4 Å². The second-order valence-corrected chi connectivity index (χ2v) is 15.2. The van der Waals surface area contributed by atoms with Crippen LogP contribution in [-0.2, 0) is 41.6 Å². The van der Waals surface area contributed by atoms with Crippen LogP contribution >= 0.6 is 0 Å². The Bertz CT molecular complexity index is 1530. The van der Waals surface area contributed by atoms with Gasteiger partial charge in [-0.3, -0.25) is 24.0 Å². The second kappa shape index (κ2) is 20.5. The largest absolute Gasteiger partial charge is 0.480 e. The van der Waals surface area contributed by atoms with Gasteiger partial charge in [0.05, 0.1) is 6.04 Å². The molecule has 3 rings (SSSR count). The first-order chi connectivity index (χ1) is 25.1. The first kappa shape index (κ1) is 42.6. The van der Waals surface area contributed by atoms with Gasteiger partial charge in [-0.05, 0) is 54.6 Å². The molecule has 2 aromatic carbocycles. The van der Waals surface area contributed by atoms with Crippen molar-refractivity contribution in [3.63, 3.8) is 0 Å². The van der Waals surface area contributed by atoms with Gasteiger partial charge in [0, 0.05) is 19.4 Å². The summed E-state index contributed by atoms with van der Waals surface area (Å²) in [6, 6.07) is 12.3. The van der Waals surface area contributed by atoms with E-state index in [0.717, 1.165) is 11.1 Å². The normalized spacial score (nSPS) is 17.1. The van der Waals surface area contributed by atoms with Crippen LogP contribution in [0.15, 0.2) is 60.7 Å². The molecule has 0 radical (unpaired) electrons. The molecule has 13 nitrogen and oxygen atoms in total. The number of hydrogen-bond donors (Lipinski definition) is 6. The minimum Gasteiger partial charge on any atom is -0.480 e. The number of carboxylic acid groups (broad SMARTS) is 1. The molecule has 0 unspecified atom stereocenters. The minimum absolute atomic E-state index is 0.0298. The number of rotatable bonds is 19. The van der Waals surface area contributed by atoms with Gasteiger partial charge in [0.15, 0.2) is 0 Å². The lowest BCUT2D eigenvalue weighted by Gasteiger charge is -2.31. The Morgan fingerprint density at radius 2 is 1.21 bits per heavy atom. The first-order valence-corrected chi connectivity index (χ1v) is 18.7. The molecular weight excluding hydrogens is 676 g/mol. The summed E-state index contributed by atoms with van der Waals surface area (Å²) in [6.45, 7) is 11.3. The predicted molar refractivity (Wildman–Crippen MR) is 202 cm³/mol. The summed E-state index contributed by atoms with van der Waals surface area (Å²) in [5.41, 5.74) is 7.76. The van der Waals surface area contributed by atoms with Crippen LogP contribution in [0.25, 0.3) is 0 Å². The molecule has 1 saturated heterocycles. The van der Waals surface area contributed by atoms with E-state index in [0.29, 0.717) is 19.3 Å². The van der Waals surface area contributed by atoms with Crippen LogP contribution in [0.3, 0.4) is 0 Å². The summed E-state index contributed by atoms with van der Waals surface area (Å²) in [7, 11) is 0. The molecular formula is C40H58N6O7. The fourth-order valence-corrected chi connectivity index (χ4v) is 6.52. The van der Waals surface area contributed by atoms with Gasteiger partial charge in [-0.2, -0.15) is 0 Å². The minimum atomic E-state index is -1.18. The number of nitrogens with two attached hydrogens (primary N) is 1. The maximum absolute atomic E-state index is 14.2. The van der Waals surface area contributed by atoms with Gasteiger partial charge < -0.3 is 37.0 Å². The number of amides is 5. The molecule has 290 valence electrons. The first-order valence-electron chi connectivity index (χ1n) is 18.7. The Morgan fingerprint density at radius 3 is 1.72 bits per heavy atom. The number of nitrogens with one attached hydrogen (secondary N) is 4. The van der Waals surface area contributed by atoms with Crippen molar-refractivity contribution in [2.24, 2.45) is 23.5 Å². The topological polar surface area (TPSA) is 200 Å². The summed E-state index contributed by atoms with van der Waals surface area (Å²) < 4.78 is 0. The quantitative estimate of drug-likeness (QED) is 0.127. The maximum Gasteiger partial charge on any atom is 0.326 e. The summed E-state index contributed by atoms with van der Waals surface area (Å²) in [5.74, 6) is -4.11. The average molecular weight is 735 g/mol. The van der Waals surface area contributed by atoms with E-state index in [-0.39, 0.29) is 37.6 Å². The van der Waals surface area contributed by atoms with Crippen LogP contribution < -0.4 is 27.0 Å². The molecule has 7 N–H and O–H groups in total. The number of benzene rings is 2. The number of nitrogens with zero attached hydrogens (tertiary/aromatic N) is 1. The van der Waals surface area contributed by atoms with Crippen molar-refractivity contribution in [2.45, 2.75) is 116 Å². The Kier molecular flexibility index (Phi) is 16.5. The van der Waals surface area contributed by atoms with Crippen LogP contribution in [0.2, 0.25) is 0 Å². The summed E-state index contributed by atoms with van der Waals surface area (Å²) in [6.07, 6.45) is 1.85. The highest BCUT2D eigenvalue weighted by Crippen LogP contribution is 2.21. The van der Waals surface area contributed by atoms with E-state index in [1.165, 1.54) is 4.90 Å². The van der Waals surface area contributed by atoms with Crippen molar-refractivity contribution in [3.8, 4) is 0 Å². The molecule has 1 fully saturated rings. The third-order valence-electron chi connectivity index (χ3n) is 9.28. The number of aliphatic carboxylic acids is 1. The maximum atomic E-state index is 14.2. The Morgan fingerprint density at radius 1 is 0.698 bits per heavy atom. The highest BCUT2D eigenvalue weighted by Gasteiger charge is 2.40. The van der Waals surface area contributed by atoms with E-state index >= 15 is 0 Å². The molecule has 0 spiro atoms. The van der Waals surface area contributed by atoms with Gasteiger partial charge in [-0.25, -0.2) is 4.79 Å². The third kappa shape index (κ3) is 13.3. The number of likely N-dealkylation sites (tertiary alicyclic amines) is 1. The highest BCUT2D eigenvalue weighted by molar-refractivity contribution is 5.96. The van der Waals surface area contributed by atoms with Crippen LogP contribution in [0, 0.1) is 17.8 Å². The lowest BCUT2D eigenvalue weighted by atomic mass is 9.99. The van der Waals surface area contributed by atoms with E-state index in [2.05, 4.69) is 21.3 Å². The molecule has 1 aliphatic rings. The molecule has 0 aromatic heterocycles. The number of carbonyl (C=O) groups excluding carboxylic acids is 5. The SMILES string of the molecule is CC(C)C[C@H](N)C(=O)N[C@H](Cc1ccccc1)C(=O)N1CCC[C@H]1C(=O)N[C@@H](Cc1ccccc1)C(=O)N[C@H](CC(C)C)C(=O)N[C@H](C(=O)O)C(C)C. The van der Waals surface area contributed by atoms with Crippen molar-refractivity contribution in [3.05, 3.63) is 71.8 Å². The van der Waals surface area contributed by atoms with Gasteiger partial charge in [-0.1, -0.05) is 102 Å². The van der Waals surface area contributed by atoms with Crippen LogP contribution in [-0.4, -0.2) is 88.3 Å².